The SMILES string of the molecule is COc1cccc(CN2CCC3(CC2)c2ccccc2[C@@H](NC(=O)c2ccccc2)[C@@H]3O)c1O. The highest BCUT2D eigenvalue weighted by molar-refractivity contribution is 5.94. The van der Waals surface area contributed by atoms with Crippen LogP contribution >= 0.6 is 0 Å². The van der Waals surface area contributed by atoms with Crippen molar-refractivity contribution >= 4 is 5.91 Å². The first-order chi connectivity index (χ1) is 16.5. The van der Waals surface area contributed by atoms with E-state index in [-0.39, 0.29) is 11.7 Å². The van der Waals surface area contributed by atoms with Crippen molar-refractivity contribution < 1.29 is 19.7 Å². The fourth-order valence-corrected chi connectivity index (χ4v) is 5.62. The molecule has 0 aromatic heterocycles. The second-order valence-electron chi connectivity index (χ2n) is 9.25. The van der Waals surface area contributed by atoms with E-state index in [1.165, 1.54) is 0 Å². The number of piperidine rings is 1. The topological polar surface area (TPSA) is 82.0 Å². The number of likely N-dealkylation sites (tertiary alicyclic amines) is 1. The fourth-order valence-electron chi connectivity index (χ4n) is 5.62. The van der Waals surface area contributed by atoms with Crippen LogP contribution < -0.4 is 10.1 Å². The Balaban J connectivity index is 1.34. The number of aliphatic hydroxyl groups is 1. The van der Waals surface area contributed by atoms with Gasteiger partial charge in [0.2, 0.25) is 0 Å². The molecular weight excluding hydrogens is 428 g/mol. The summed E-state index contributed by atoms with van der Waals surface area (Å²) < 4.78 is 5.24. The van der Waals surface area contributed by atoms with E-state index >= 15 is 0 Å². The number of hydrogen-bond donors (Lipinski definition) is 3. The number of amides is 1. The number of para-hydroxylation sites is 1. The van der Waals surface area contributed by atoms with Crippen LogP contribution in [0.15, 0.2) is 72.8 Å². The molecule has 6 nitrogen and oxygen atoms in total. The Bertz CT molecular complexity index is 1170. The van der Waals surface area contributed by atoms with E-state index in [2.05, 4.69) is 16.3 Å². The quantitative estimate of drug-likeness (QED) is 0.542. The molecule has 2 aliphatic rings. The molecule has 1 aliphatic heterocycles. The number of nitrogens with one attached hydrogen (secondary N) is 1. The Morgan fingerprint density at radius 2 is 1.74 bits per heavy atom. The van der Waals surface area contributed by atoms with Gasteiger partial charge in [0.1, 0.15) is 0 Å². The Morgan fingerprint density at radius 3 is 2.47 bits per heavy atom. The highest BCUT2D eigenvalue weighted by Crippen LogP contribution is 2.51. The first kappa shape index (κ1) is 22.4. The van der Waals surface area contributed by atoms with E-state index in [1.54, 1.807) is 25.3 Å². The molecule has 1 heterocycles. The molecule has 0 bridgehead atoms. The number of rotatable bonds is 5. The zero-order valence-corrected chi connectivity index (χ0v) is 19.3. The van der Waals surface area contributed by atoms with Crippen LogP contribution in [0.5, 0.6) is 11.5 Å². The second kappa shape index (κ2) is 9.12. The molecule has 6 heteroatoms. The minimum atomic E-state index is -0.704. The maximum atomic E-state index is 12.9. The molecule has 1 amide bonds. The molecule has 1 aliphatic carbocycles. The number of ether oxygens (including phenoxy) is 1. The summed E-state index contributed by atoms with van der Waals surface area (Å²) in [4.78, 5) is 15.2. The number of carbonyl (C=O) groups excluding carboxylic acids is 1. The molecule has 3 aromatic carbocycles. The van der Waals surface area contributed by atoms with Crippen LogP contribution in [0.2, 0.25) is 0 Å². The van der Waals surface area contributed by atoms with Gasteiger partial charge in [0.15, 0.2) is 11.5 Å². The summed E-state index contributed by atoms with van der Waals surface area (Å²) in [5, 5.41) is 25.2. The van der Waals surface area contributed by atoms with Crippen molar-refractivity contribution in [2.24, 2.45) is 0 Å². The highest BCUT2D eigenvalue weighted by Gasteiger charge is 2.52. The summed E-state index contributed by atoms with van der Waals surface area (Å²) in [6.45, 7) is 2.17. The number of carbonyl (C=O) groups is 1. The number of fused-ring (bicyclic) bond motifs is 2. The average Bonchev–Trinajstić information content (AvgIpc) is 3.10. The largest absolute Gasteiger partial charge is 0.504 e. The lowest BCUT2D eigenvalue weighted by molar-refractivity contribution is 0.0191. The highest BCUT2D eigenvalue weighted by atomic mass is 16.5. The van der Waals surface area contributed by atoms with Crippen LogP contribution in [0, 0.1) is 0 Å². The van der Waals surface area contributed by atoms with Crippen molar-refractivity contribution in [1.82, 2.24) is 10.2 Å². The van der Waals surface area contributed by atoms with Gasteiger partial charge in [0, 0.05) is 23.1 Å². The van der Waals surface area contributed by atoms with E-state index in [0.717, 1.165) is 42.6 Å². The zero-order chi connectivity index (χ0) is 23.7. The number of hydrogen-bond acceptors (Lipinski definition) is 5. The fraction of sp³-hybridized carbons (Fsp3) is 0.321. The number of phenols is 1. The molecule has 3 aromatic rings. The minimum absolute atomic E-state index is 0.178. The van der Waals surface area contributed by atoms with E-state index in [1.807, 2.05) is 48.5 Å². The van der Waals surface area contributed by atoms with Crippen molar-refractivity contribution in [3.05, 3.63) is 95.1 Å². The van der Waals surface area contributed by atoms with Crippen molar-refractivity contribution in [1.29, 1.82) is 0 Å². The molecule has 1 spiro atoms. The standard InChI is InChI=1S/C28H30N2O4/c1-34-23-13-7-10-20(25(23)31)18-30-16-14-28(15-17-30)22-12-6-5-11-21(22)24(26(28)32)29-27(33)19-8-3-2-4-9-19/h2-13,24,26,31-32H,14-18H2,1H3,(H,29,33)/t24-,26+/m1/s1. The predicted molar refractivity (Wildman–Crippen MR) is 130 cm³/mol. The molecule has 0 saturated carbocycles. The third-order valence-corrected chi connectivity index (χ3v) is 7.48. The van der Waals surface area contributed by atoms with Gasteiger partial charge in [-0.1, -0.05) is 54.6 Å². The van der Waals surface area contributed by atoms with Gasteiger partial charge in [-0.2, -0.15) is 0 Å². The number of benzene rings is 3. The third kappa shape index (κ3) is 3.83. The summed E-state index contributed by atoms with van der Waals surface area (Å²) in [6, 6.07) is 22.3. The predicted octanol–water partition coefficient (Wildman–Crippen LogP) is 3.78. The van der Waals surface area contributed by atoms with Crippen molar-refractivity contribution in [2.75, 3.05) is 20.2 Å². The van der Waals surface area contributed by atoms with Gasteiger partial charge in [-0.3, -0.25) is 9.69 Å². The van der Waals surface area contributed by atoms with Crippen LogP contribution in [-0.4, -0.2) is 47.3 Å². The molecule has 1 saturated heterocycles. The first-order valence-electron chi connectivity index (χ1n) is 11.7. The van der Waals surface area contributed by atoms with Crippen LogP contribution in [0.1, 0.15) is 45.9 Å². The maximum Gasteiger partial charge on any atom is 0.251 e. The van der Waals surface area contributed by atoms with E-state index in [9.17, 15) is 15.0 Å². The van der Waals surface area contributed by atoms with Crippen molar-refractivity contribution in [3.8, 4) is 11.5 Å². The van der Waals surface area contributed by atoms with Gasteiger partial charge in [-0.05, 0) is 55.3 Å². The molecule has 0 radical (unpaired) electrons. The number of aromatic hydroxyl groups is 1. The molecule has 0 unspecified atom stereocenters. The first-order valence-corrected chi connectivity index (χ1v) is 11.7. The summed E-state index contributed by atoms with van der Waals surface area (Å²) in [5.74, 6) is 0.478. The Kier molecular flexibility index (Phi) is 6.02. The smallest absolute Gasteiger partial charge is 0.251 e. The van der Waals surface area contributed by atoms with Crippen molar-refractivity contribution in [2.45, 2.75) is 36.9 Å². The summed E-state index contributed by atoms with van der Waals surface area (Å²) in [6.07, 6.45) is 0.839. The van der Waals surface area contributed by atoms with Gasteiger partial charge >= 0.3 is 0 Å². The van der Waals surface area contributed by atoms with E-state index < -0.39 is 17.6 Å². The number of nitrogens with zero attached hydrogens (tertiary/aromatic N) is 1. The number of aliphatic hydroxyl groups excluding tert-OH is 1. The molecule has 34 heavy (non-hydrogen) atoms. The summed E-state index contributed by atoms with van der Waals surface area (Å²) in [7, 11) is 1.55. The molecule has 2 atom stereocenters. The van der Waals surface area contributed by atoms with Crippen LogP contribution in [0.25, 0.3) is 0 Å². The van der Waals surface area contributed by atoms with E-state index in [0.29, 0.717) is 17.9 Å². The monoisotopic (exact) mass is 458 g/mol. The Hall–Kier alpha value is -3.35. The Labute approximate surface area is 199 Å². The van der Waals surface area contributed by atoms with Crippen LogP contribution in [0.3, 0.4) is 0 Å². The van der Waals surface area contributed by atoms with Crippen LogP contribution in [0.4, 0.5) is 0 Å². The molecule has 5 rings (SSSR count). The average molecular weight is 459 g/mol. The summed E-state index contributed by atoms with van der Waals surface area (Å²) in [5.41, 5.74) is 3.14. The third-order valence-electron chi connectivity index (χ3n) is 7.48. The molecular formula is C28H30N2O4. The summed E-state index contributed by atoms with van der Waals surface area (Å²) >= 11 is 0. The van der Waals surface area contributed by atoms with Gasteiger partial charge in [-0.25, -0.2) is 0 Å². The molecule has 3 N–H and O–H groups in total. The molecule has 1 fully saturated rings. The normalized spacial score (nSPS) is 21.2. The van der Waals surface area contributed by atoms with Gasteiger partial charge in [0.25, 0.3) is 5.91 Å². The zero-order valence-electron chi connectivity index (χ0n) is 19.3. The lowest BCUT2D eigenvalue weighted by Gasteiger charge is -2.43. The second-order valence-corrected chi connectivity index (χ2v) is 9.25. The van der Waals surface area contributed by atoms with Crippen molar-refractivity contribution in [3.63, 3.8) is 0 Å². The number of methoxy groups -OCH3 is 1. The minimum Gasteiger partial charge on any atom is -0.504 e. The van der Waals surface area contributed by atoms with Crippen LogP contribution in [-0.2, 0) is 12.0 Å². The number of phenolic OH excluding ortho intramolecular Hbond substituents is 1. The van der Waals surface area contributed by atoms with Gasteiger partial charge in [-0.15, -0.1) is 0 Å². The molecule has 176 valence electrons. The Morgan fingerprint density at radius 1 is 1.03 bits per heavy atom. The lowest BCUT2D eigenvalue weighted by Crippen LogP contribution is -2.49. The van der Waals surface area contributed by atoms with Gasteiger partial charge in [0.05, 0.1) is 19.3 Å². The van der Waals surface area contributed by atoms with E-state index in [4.69, 9.17) is 4.74 Å². The van der Waals surface area contributed by atoms with Gasteiger partial charge < -0.3 is 20.3 Å². The maximum absolute atomic E-state index is 12.9. The lowest BCUT2D eigenvalue weighted by atomic mass is 9.72.